The predicted octanol–water partition coefficient (Wildman–Crippen LogP) is 3.90. The van der Waals surface area contributed by atoms with Crippen LogP contribution in [0.5, 0.6) is 0 Å². The summed E-state index contributed by atoms with van der Waals surface area (Å²) >= 11 is 0. The summed E-state index contributed by atoms with van der Waals surface area (Å²) in [4.78, 5) is 29.2. The van der Waals surface area contributed by atoms with Crippen LogP contribution >= 0.6 is 0 Å². The number of rotatable bonds is 6. The molecule has 5 heteroatoms. The minimum atomic E-state index is -0.420. The lowest BCUT2D eigenvalue weighted by Crippen LogP contribution is -2.52. The molecule has 1 aromatic carbocycles. The van der Waals surface area contributed by atoms with Gasteiger partial charge < -0.3 is 9.64 Å². The summed E-state index contributed by atoms with van der Waals surface area (Å²) < 4.78 is 5.31. The average molecular weight is 360 g/mol. The van der Waals surface area contributed by atoms with E-state index in [0.717, 1.165) is 18.4 Å². The van der Waals surface area contributed by atoms with E-state index in [1.54, 1.807) is 4.90 Å². The minimum Gasteiger partial charge on any atom is -0.449 e. The quantitative estimate of drug-likeness (QED) is 0.722. The van der Waals surface area contributed by atoms with Crippen molar-refractivity contribution in [3.8, 4) is 0 Å². The van der Waals surface area contributed by atoms with Crippen LogP contribution in [0.2, 0.25) is 0 Å². The first-order valence-corrected chi connectivity index (χ1v) is 9.59. The molecule has 0 N–H and O–H groups in total. The number of carbonyl (C=O) groups is 2. The van der Waals surface area contributed by atoms with Gasteiger partial charge in [-0.25, -0.2) is 4.79 Å². The van der Waals surface area contributed by atoms with Crippen LogP contribution in [0.4, 0.5) is 4.79 Å². The van der Waals surface area contributed by atoms with Gasteiger partial charge in [0.25, 0.3) is 0 Å². The number of ether oxygens (including phenoxy) is 1. The van der Waals surface area contributed by atoms with Gasteiger partial charge in [-0.05, 0) is 12.0 Å². The topological polar surface area (TPSA) is 49.9 Å². The third-order valence-electron chi connectivity index (χ3n) is 4.76. The molecule has 2 rings (SSSR count). The first kappa shape index (κ1) is 20.4. The van der Waals surface area contributed by atoms with Gasteiger partial charge in [0.05, 0.1) is 12.6 Å². The molecule has 1 heterocycles. The van der Waals surface area contributed by atoms with E-state index >= 15 is 0 Å². The second-order valence-electron chi connectivity index (χ2n) is 7.92. The minimum absolute atomic E-state index is 0.211. The largest absolute Gasteiger partial charge is 0.449 e. The van der Waals surface area contributed by atoms with Crippen molar-refractivity contribution in [2.75, 3.05) is 32.8 Å². The van der Waals surface area contributed by atoms with Crippen LogP contribution in [-0.4, -0.2) is 54.5 Å². The summed E-state index contributed by atoms with van der Waals surface area (Å²) in [7, 11) is 0. The fourth-order valence-electron chi connectivity index (χ4n) is 3.13. The molecule has 0 aliphatic carbocycles. The number of nitrogens with zero attached hydrogens (tertiary/aromatic N) is 2. The Morgan fingerprint density at radius 3 is 2.23 bits per heavy atom. The summed E-state index contributed by atoms with van der Waals surface area (Å²) in [5.74, 6) is 0.211. The van der Waals surface area contributed by atoms with Crippen LogP contribution in [-0.2, 0) is 9.53 Å². The molecular weight excluding hydrogens is 328 g/mol. The van der Waals surface area contributed by atoms with Gasteiger partial charge in [-0.3, -0.25) is 9.69 Å². The smallest absolute Gasteiger partial charge is 0.409 e. The molecule has 0 spiro atoms. The molecule has 1 fully saturated rings. The predicted molar refractivity (Wildman–Crippen MR) is 103 cm³/mol. The molecule has 0 unspecified atom stereocenters. The van der Waals surface area contributed by atoms with E-state index in [0.29, 0.717) is 32.8 Å². The monoisotopic (exact) mass is 360 g/mol. The third kappa shape index (κ3) is 5.31. The number of amides is 1. The van der Waals surface area contributed by atoms with Gasteiger partial charge in [0.2, 0.25) is 0 Å². The number of piperazine rings is 1. The van der Waals surface area contributed by atoms with Crippen LogP contribution in [0.1, 0.15) is 52.1 Å². The van der Waals surface area contributed by atoms with E-state index in [9.17, 15) is 9.59 Å². The molecule has 0 bridgehead atoms. The van der Waals surface area contributed by atoms with Crippen molar-refractivity contribution < 1.29 is 14.3 Å². The van der Waals surface area contributed by atoms with Crippen molar-refractivity contribution in [2.45, 2.75) is 46.6 Å². The van der Waals surface area contributed by atoms with Crippen LogP contribution in [0.3, 0.4) is 0 Å². The highest BCUT2D eigenvalue weighted by atomic mass is 16.6. The van der Waals surface area contributed by atoms with Gasteiger partial charge in [-0.15, -0.1) is 0 Å². The summed E-state index contributed by atoms with van der Waals surface area (Å²) in [5.41, 5.74) is 0.600. The molecule has 1 aromatic rings. The maximum Gasteiger partial charge on any atom is 0.409 e. The van der Waals surface area contributed by atoms with Crippen molar-refractivity contribution in [3.05, 3.63) is 35.9 Å². The van der Waals surface area contributed by atoms with Crippen LogP contribution in [0.15, 0.2) is 30.3 Å². The number of Topliss-reactive ketones (excluding diaryl/α,β-unsaturated/α-hetero) is 1. The van der Waals surface area contributed by atoms with Gasteiger partial charge in [0.15, 0.2) is 5.78 Å². The Morgan fingerprint density at radius 2 is 1.69 bits per heavy atom. The highest BCUT2D eigenvalue weighted by molar-refractivity contribution is 5.89. The zero-order chi connectivity index (χ0) is 19.2. The lowest BCUT2D eigenvalue weighted by Gasteiger charge is -2.40. The van der Waals surface area contributed by atoms with Gasteiger partial charge in [0, 0.05) is 31.6 Å². The Kier molecular flexibility index (Phi) is 7.21. The summed E-state index contributed by atoms with van der Waals surface area (Å²) in [6.07, 6.45) is 1.66. The molecular formula is C21H32N2O3. The molecule has 1 atom stereocenters. The Morgan fingerprint density at radius 1 is 1.08 bits per heavy atom. The molecule has 0 aromatic heterocycles. The van der Waals surface area contributed by atoms with E-state index < -0.39 is 5.41 Å². The molecule has 1 aliphatic rings. The fourth-order valence-corrected chi connectivity index (χ4v) is 3.13. The Hall–Kier alpha value is -1.88. The SMILES string of the molecule is CCCCOC(=O)N1CCN([C@@H](C(=O)C(C)(C)C)c2ccccc2)CC1. The highest BCUT2D eigenvalue weighted by Gasteiger charge is 2.36. The molecule has 26 heavy (non-hydrogen) atoms. The highest BCUT2D eigenvalue weighted by Crippen LogP contribution is 2.31. The summed E-state index contributed by atoms with van der Waals surface area (Å²) in [6, 6.07) is 9.67. The standard InChI is InChI=1S/C21H32N2O3/c1-5-6-16-26-20(25)23-14-12-22(13-15-23)18(19(24)21(2,3)4)17-10-8-7-9-11-17/h7-11,18H,5-6,12-16H2,1-4H3/t18-/m1/s1. The molecule has 5 nitrogen and oxygen atoms in total. The van der Waals surface area contributed by atoms with Crippen LogP contribution < -0.4 is 0 Å². The maximum absolute atomic E-state index is 13.1. The molecule has 1 saturated heterocycles. The second kappa shape index (κ2) is 9.17. The first-order chi connectivity index (χ1) is 12.3. The lowest BCUT2D eigenvalue weighted by molar-refractivity contribution is -0.132. The number of carbonyl (C=O) groups excluding carboxylic acids is 2. The van der Waals surface area contributed by atoms with Crippen LogP contribution in [0, 0.1) is 5.41 Å². The summed E-state index contributed by atoms with van der Waals surface area (Å²) in [6.45, 7) is 11.0. The normalized spacial score (nSPS) is 17.0. The zero-order valence-electron chi connectivity index (χ0n) is 16.5. The number of ketones is 1. The first-order valence-electron chi connectivity index (χ1n) is 9.59. The second-order valence-corrected chi connectivity index (χ2v) is 7.92. The molecule has 0 saturated carbocycles. The molecule has 1 amide bonds. The Labute approximate surface area is 157 Å². The van der Waals surface area contributed by atoms with E-state index in [-0.39, 0.29) is 17.9 Å². The Bertz CT molecular complexity index is 587. The van der Waals surface area contributed by atoms with E-state index in [1.807, 2.05) is 51.1 Å². The summed E-state index contributed by atoms with van der Waals surface area (Å²) in [5, 5.41) is 0. The van der Waals surface area contributed by atoms with E-state index in [1.165, 1.54) is 0 Å². The number of benzene rings is 1. The van der Waals surface area contributed by atoms with Crippen LogP contribution in [0.25, 0.3) is 0 Å². The molecule has 1 aliphatic heterocycles. The zero-order valence-corrected chi connectivity index (χ0v) is 16.5. The number of hydrogen-bond acceptors (Lipinski definition) is 4. The third-order valence-corrected chi connectivity index (χ3v) is 4.76. The van der Waals surface area contributed by atoms with Gasteiger partial charge in [-0.1, -0.05) is 64.4 Å². The van der Waals surface area contributed by atoms with Gasteiger partial charge in [-0.2, -0.15) is 0 Å². The average Bonchev–Trinajstić information content (AvgIpc) is 2.63. The molecule has 144 valence electrons. The molecule has 0 radical (unpaired) electrons. The van der Waals surface area contributed by atoms with Gasteiger partial charge >= 0.3 is 6.09 Å². The van der Waals surface area contributed by atoms with Gasteiger partial charge in [0.1, 0.15) is 0 Å². The van der Waals surface area contributed by atoms with Crippen molar-refractivity contribution >= 4 is 11.9 Å². The van der Waals surface area contributed by atoms with Crippen molar-refractivity contribution in [3.63, 3.8) is 0 Å². The van der Waals surface area contributed by atoms with Crippen molar-refractivity contribution in [1.82, 2.24) is 9.80 Å². The van der Waals surface area contributed by atoms with Crippen molar-refractivity contribution in [1.29, 1.82) is 0 Å². The Balaban J connectivity index is 2.05. The number of unbranched alkanes of at least 4 members (excludes halogenated alkanes) is 1. The fraction of sp³-hybridized carbons (Fsp3) is 0.619. The lowest BCUT2D eigenvalue weighted by atomic mass is 9.83. The van der Waals surface area contributed by atoms with E-state index in [2.05, 4.69) is 11.8 Å². The number of hydrogen-bond donors (Lipinski definition) is 0. The van der Waals surface area contributed by atoms with E-state index in [4.69, 9.17) is 4.74 Å². The van der Waals surface area contributed by atoms with Crippen molar-refractivity contribution in [2.24, 2.45) is 5.41 Å². The maximum atomic E-state index is 13.1.